The molecule has 0 aromatic heterocycles. The van der Waals surface area contributed by atoms with Crippen molar-refractivity contribution >= 4 is 0 Å². The number of nitrogens with one attached hydrogen (secondary N) is 1. The van der Waals surface area contributed by atoms with Gasteiger partial charge in [0.25, 0.3) is 0 Å². The van der Waals surface area contributed by atoms with Gasteiger partial charge in [0.2, 0.25) is 0 Å². The Labute approximate surface area is 181 Å². The average molecular weight is 410 g/mol. The molecule has 1 atom stereocenters. The van der Waals surface area contributed by atoms with Crippen molar-refractivity contribution in [2.24, 2.45) is 0 Å². The van der Waals surface area contributed by atoms with Gasteiger partial charge in [-0.2, -0.15) is 0 Å². The zero-order valence-electron chi connectivity index (χ0n) is 18.7. The number of hydrogen-bond donors (Lipinski definition) is 2. The molecule has 3 heteroatoms. The summed E-state index contributed by atoms with van der Waals surface area (Å²) in [6.07, 6.45) is 4.82. The Bertz CT molecular complexity index is 857. The molecular formula is C27H36FNO. The summed E-state index contributed by atoms with van der Waals surface area (Å²) in [6.45, 7) is 11.4. The first-order valence-electron chi connectivity index (χ1n) is 11.1. The Morgan fingerprint density at radius 3 is 2.47 bits per heavy atom. The number of aryl methyl sites for hydroxylation is 1. The number of aliphatic hydroxyl groups is 1. The highest BCUT2D eigenvalue weighted by molar-refractivity contribution is 5.34. The van der Waals surface area contributed by atoms with Crippen molar-refractivity contribution in [2.45, 2.75) is 76.4 Å². The van der Waals surface area contributed by atoms with Gasteiger partial charge in [0.15, 0.2) is 0 Å². The van der Waals surface area contributed by atoms with Crippen LogP contribution in [0.25, 0.3) is 0 Å². The van der Waals surface area contributed by atoms with Crippen LogP contribution in [-0.2, 0) is 17.4 Å². The molecule has 0 saturated heterocycles. The molecule has 30 heavy (non-hydrogen) atoms. The quantitative estimate of drug-likeness (QED) is 0.547. The first kappa shape index (κ1) is 22.7. The standard InChI is InChI=1S/C27H36FNO/c1-20-13-15-27(16-14-20,23-9-6-8-22(18-23)26(2,3)4)29-19-25(30)12-11-21-7-5-10-24(28)17-21/h5-10,17-18,25,29-30H,1,11-16,19H2,2-4H3. The van der Waals surface area contributed by atoms with Crippen LogP contribution in [-0.4, -0.2) is 17.8 Å². The fraction of sp³-hybridized carbons (Fsp3) is 0.481. The van der Waals surface area contributed by atoms with E-state index in [0.717, 1.165) is 31.2 Å². The van der Waals surface area contributed by atoms with Gasteiger partial charge >= 0.3 is 0 Å². The van der Waals surface area contributed by atoms with E-state index in [-0.39, 0.29) is 16.8 Å². The molecule has 0 bridgehead atoms. The van der Waals surface area contributed by atoms with E-state index in [1.54, 1.807) is 12.1 Å². The van der Waals surface area contributed by atoms with Crippen molar-refractivity contribution < 1.29 is 9.50 Å². The van der Waals surface area contributed by atoms with Gasteiger partial charge < -0.3 is 10.4 Å². The summed E-state index contributed by atoms with van der Waals surface area (Å²) < 4.78 is 13.4. The summed E-state index contributed by atoms with van der Waals surface area (Å²) in [5, 5.41) is 14.4. The SMILES string of the molecule is C=C1CCC(NCC(O)CCc2cccc(F)c2)(c2cccc(C(C)(C)C)c2)CC1. The maximum atomic E-state index is 13.4. The molecule has 0 spiro atoms. The van der Waals surface area contributed by atoms with Gasteiger partial charge in [0.1, 0.15) is 5.82 Å². The van der Waals surface area contributed by atoms with E-state index in [2.05, 4.69) is 56.9 Å². The summed E-state index contributed by atoms with van der Waals surface area (Å²) in [6, 6.07) is 15.5. The van der Waals surface area contributed by atoms with E-state index in [9.17, 15) is 9.50 Å². The summed E-state index contributed by atoms with van der Waals surface area (Å²) in [5.74, 6) is -0.222. The van der Waals surface area contributed by atoms with E-state index >= 15 is 0 Å². The second-order valence-electron chi connectivity index (χ2n) is 9.87. The number of allylic oxidation sites excluding steroid dienone is 1. The molecule has 0 aliphatic heterocycles. The van der Waals surface area contributed by atoms with Crippen LogP contribution in [0.5, 0.6) is 0 Å². The summed E-state index contributed by atoms with van der Waals surface area (Å²) in [4.78, 5) is 0. The van der Waals surface area contributed by atoms with Crippen LogP contribution in [0.15, 0.2) is 60.7 Å². The van der Waals surface area contributed by atoms with Crippen LogP contribution in [0.4, 0.5) is 4.39 Å². The largest absolute Gasteiger partial charge is 0.392 e. The van der Waals surface area contributed by atoms with Crippen molar-refractivity contribution in [2.75, 3.05) is 6.54 Å². The van der Waals surface area contributed by atoms with Gasteiger partial charge in [-0.25, -0.2) is 4.39 Å². The Morgan fingerprint density at radius 1 is 1.10 bits per heavy atom. The smallest absolute Gasteiger partial charge is 0.123 e. The van der Waals surface area contributed by atoms with E-state index in [4.69, 9.17) is 0 Å². The minimum Gasteiger partial charge on any atom is -0.392 e. The Morgan fingerprint density at radius 2 is 1.80 bits per heavy atom. The Balaban J connectivity index is 1.70. The van der Waals surface area contributed by atoms with Gasteiger partial charge in [-0.05, 0) is 72.8 Å². The highest BCUT2D eigenvalue weighted by Gasteiger charge is 2.35. The van der Waals surface area contributed by atoms with Gasteiger partial charge in [-0.15, -0.1) is 0 Å². The van der Waals surface area contributed by atoms with E-state index in [1.807, 2.05) is 6.07 Å². The zero-order chi connectivity index (χ0) is 21.8. The molecule has 1 aliphatic rings. The molecule has 0 heterocycles. The Hall–Kier alpha value is -1.97. The predicted molar refractivity (Wildman–Crippen MR) is 123 cm³/mol. The van der Waals surface area contributed by atoms with Crippen LogP contribution in [0.2, 0.25) is 0 Å². The highest BCUT2D eigenvalue weighted by Crippen LogP contribution is 2.40. The average Bonchev–Trinajstić information content (AvgIpc) is 2.72. The van der Waals surface area contributed by atoms with E-state index in [1.165, 1.54) is 22.8 Å². The molecule has 1 aliphatic carbocycles. The topological polar surface area (TPSA) is 32.3 Å². The van der Waals surface area contributed by atoms with E-state index in [0.29, 0.717) is 19.4 Å². The highest BCUT2D eigenvalue weighted by atomic mass is 19.1. The lowest BCUT2D eigenvalue weighted by Gasteiger charge is -2.41. The number of benzene rings is 2. The molecule has 0 amide bonds. The monoisotopic (exact) mass is 409 g/mol. The third-order valence-electron chi connectivity index (χ3n) is 6.42. The number of hydrogen-bond acceptors (Lipinski definition) is 2. The molecule has 2 aromatic rings. The molecule has 162 valence electrons. The molecule has 2 aromatic carbocycles. The maximum absolute atomic E-state index is 13.4. The van der Waals surface area contributed by atoms with Crippen LogP contribution in [0.1, 0.15) is 69.6 Å². The molecular weight excluding hydrogens is 373 g/mol. The normalized spacial score (nSPS) is 17.7. The fourth-order valence-corrected chi connectivity index (χ4v) is 4.32. The van der Waals surface area contributed by atoms with Crippen molar-refractivity contribution in [3.63, 3.8) is 0 Å². The molecule has 0 radical (unpaired) electrons. The van der Waals surface area contributed by atoms with Gasteiger partial charge in [-0.1, -0.05) is 69.3 Å². The predicted octanol–water partition coefficient (Wildman–Crippen LogP) is 6.03. The lowest BCUT2D eigenvalue weighted by Crippen LogP contribution is -2.47. The third-order valence-corrected chi connectivity index (χ3v) is 6.42. The van der Waals surface area contributed by atoms with Crippen LogP contribution < -0.4 is 5.32 Å². The number of halogens is 1. The second-order valence-corrected chi connectivity index (χ2v) is 9.87. The first-order valence-corrected chi connectivity index (χ1v) is 11.1. The van der Waals surface area contributed by atoms with E-state index < -0.39 is 6.10 Å². The minimum atomic E-state index is -0.471. The molecule has 3 rings (SSSR count). The number of aliphatic hydroxyl groups excluding tert-OH is 1. The summed E-state index contributed by atoms with van der Waals surface area (Å²) in [5.41, 5.74) is 4.83. The lowest BCUT2D eigenvalue weighted by atomic mass is 9.73. The molecule has 1 fully saturated rings. The first-order chi connectivity index (χ1) is 14.2. The van der Waals surface area contributed by atoms with Gasteiger partial charge in [0.05, 0.1) is 6.10 Å². The molecule has 2 N–H and O–H groups in total. The van der Waals surface area contributed by atoms with Crippen LogP contribution >= 0.6 is 0 Å². The molecule has 2 nitrogen and oxygen atoms in total. The second kappa shape index (κ2) is 9.45. The molecule has 1 saturated carbocycles. The van der Waals surface area contributed by atoms with Crippen LogP contribution in [0.3, 0.4) is 0 Å². The Kier molecular flexibility index (Phi) is 7.15. The van der Waals surface area contributed by atoms with Gasteiger partial charge in [0, 0.05) is 12.1 Å². The van der Waals surface area contributed by atoms with Gasteiger partial charge in [-0.3, -0.25) is 0 Å². The fourth-order valence-electron chi connectivity index (χ4n) is 4.32. The number of rotatable bonds is 7. The summed E-state index contributed by atoms with van der Waals surface area (Å²) in [7, 11) is 0. The maximum Gasteiger partial charge on any atom is 0.123 e. The lowest BCUT2D eigenvalue weighted by molar-refractivity contribution is 0.136. The van der Waals surface area contributed by atoms with Crippen LogP contribution in [0, 0.1) is 5.82 Å². The minimum absolute atomic E-state index is 0.0972. The van der Waals surface area contributed by atoms with Crippen molar-refractivity contribution in [1.82, 2.24) is 5.32 Å². The van der Waals surface area contributed by atoms with Crippen molar-refractivity contribution in [1.29, 1.82) is 0 Å². The zero-order valence-corrected chi connectivity index (χ0v) is 18.7. The molecule has 1 unspecified atom stereocenters. The summed E-state index contributed by atoms with van der Waals surface area (Å²) >= 11 is 0. The van der Waals surface area contributed by atoms with Crippen molar-refractivity contribution in [3.05, 3.63) is 83.2 Å². The van der Waals surface area contributed by atoms with Crippen molar-refractivity contribution in [3.8, 4) is 0 Å². The third kappa shape index (κ3) is 5.80.